The van der Waals surface area contributed by atoms with E-state index in [0.717, 1.165) is 18.4 Å². The van der Waals surface area contributed by atoms with Crippen molar-refractivity contribution in [3.05, 3.63) is 53.9 Å². The fourth-order valence-corrected chi connectivity index (χ4v) is 2.64. The lowest BCUT2D eigenvalue weighted by molar-refractivity contribution is -0.124. The Morgan fingerprint density at radius 2 is 2.00 bits per heavy atom. The lowest BCUT2D eigenvalue weighted by atomic mass is 10.2. The van der Waals surface area contributed by atoms with Gasteiger partial charge in [0, 0.05) is 24.3 Å². The molecule has 1 atom stereocenters. The third-order valence-electron chi connectivity index (χ3n) is 4.50. The van der Waals surface area contributed by atoms with Gasteiger partial charge in [0.05, 0.1) is 18.8 Å². The molecular formula is C19H25N5O2. The fourth-order valence-electron chi connectivity index (χ4n) is 2.64. The van der Waals surface area contributed by atoms with Crippen LogP contribution in [0.15, 0.2) is 42.7 Å². The summed E-state index contributed by atoms with van der Waals surface area (Å²) < 4.78 is 1.88. The van der Waals surface area contributed by atoms with E-state index in [1.54, 1.807) is 6.92 Å². The first kappa shape index (κ1) is 18.1. The molecule has 0 radical (unpaired) electrons. The van der Waals surface area contributed by atoms with E-state index in [9.17, 15) is 9.59 Å². The number of hydrogen-bond donors (Lipinski definition) is 2. The van der Waals surface area contributed by atoms with Crippen LogP contribution in [-0.4, -0.2) is 45.8 Å². The Labute approximate surface area is 153 Å². The number of aromatic nitrogens is 2. The van der Waals surface area contributed by atoms with Crippen LogP contribution in [0.3, 0.4) is 0 Å². The molecule has 2 aromatic rings. The van der Waals surface area contributed by atoms with E-state index in [2.05, 4.69) is 27.9 Å². The van der Waals surface area contributed by atoms with E-state index in [1.807, 2.05) is 47.2 Å². The summed E-state index contributed by atoms with van der Waals surface area (Å²) in [6.45, 7) is 3.07. The summed E-state index contributed by atoms with van der Waals surface area (Å²) in [7, 11) is 1.86. The van der Waals surface area contributed by atoms with Crippen LogP contribution < -0.4 is 10.6 Å². The van der Waals surface area contributed by atoms with Gasteiger partial charge in [-0.15, -0.1) is 0 Å². The van der Waals surface area contributed by atoms with Gasteiger partial charge in [-0.3, -0.25) is 19.7 Å². The van der Waals surface area contributed by atoms with E-state index in [-0.39, 0.29) is 11.9 Å². The maximum Gasteiger partial charge on any atom is 0.321 e. The topological polar surface area (TPSA) is 79.3 Å². The standard InChI is InChI=1S/C19H25N5O2/c1-14(18(25)22-19(26)21-17-8-9-17)23(2)11-16-10-20-24(13-16)12-15-6-4-3-5-7-15/h3-7,10,13-14,17H,8-9,11-12H2,1-2H3,(H2,21,22,25,26)/t14-/m1/s1. The average Bonchev–Trinajstić information content (AvgIpc) is 3.32. The number of nitrogens with zero attached hydrogens (tertiary/aromatic N) is 3. The predicted octanol–water partition coefficient (Wildman–Crippen LogP) is 1.74. The maximum atomic E-state index is 12.2. The van der Waals surface area contributed by atoms with Gasteiger partial charge in [0.15, 0.2) is 0 Å². The van der Waals surface area contributed by atoms with E-state index >= 15 is 0 Å². The number of likely N-dealkylation sites (N-methyl/N-ethyl adjacent to an activating group) is 1. The zero-order chi connectivity index (χ0) is 18.5. The highest BCUT2D eigenvalue weighted by Gasteiger charge is 2.26. The zero-order valence-corrected chi connectivity index (χ0v) is 15.2. The van der Waals surface area contributed by atoms with Crippen LogP contribution in [0.2, 0.25) is 0 Å². The van der Waals surface area contributed by atoms with E-state index < -0.39 is 12.1 Å². The van der Waals surface area contributed by atoms with Gasteiger partial charge in [-0.25, -0.2) is 4.79 Å². The minimum Gasteiger partial charge on any atom is -0.335 e. The third kappa shape index (κ3) is 5.16. The second-order valence-corrected chi connectivity index (χ2v) is 6.86. The molecule has 0 unspecified atom stereocenters. The lowest BCUT2D eigenvalue weighted by Crippen LogP contribution is -2.48. The van der Waals surface area contributed by atoms with Gasteiger partial charge in [-0.05, 0) is 32.4 Å². The highest BCUT2D eigenvalue weighted by Crippen LogP contribution is 2.18. The molecule has 3 rings (SSSR count). The van der Waals surface area contributed by atoms with Crippen LogP contribution in [0, 0.1) is 0 Å². The molecule has 1 aliphatic rings. The van der Waals surface area contributed by atoms with Crippen LogP contribution >= 0.6 is 0 Å². The Morgan fingerprint density at radius 1 is 1.27 bits per heavy atom. The molecule has 7 nitrogen and oxygen atoms in total. The number of imide groups is 1. The van der Waals surface area contributed by atoms with E-state index in [1.165, 1.54) is 5.56 Å². The molecule has 2 N–H and O–H groups in total. The normalized spacial score (nSPS) is 14.9. The minimum atomic E-state index is -0.419. The summed E-state index contributed by atoms with van der Waals surface area (Å²) in [5.74, 6) is -0.303. The summed E-state index contributed by atoms with van der Waals surface area (Å²) in [5, 5.41) is 9.54. The number of rotatable bonds is 7. The Balaban J connectivity index is 1.49. The molecule has 1 aromatic heterocycles. The summed E-state index contributed by atoms with van der Waals surface area (Å²) >= 11 is 0. The van der Waals surface area contributed by atoms with Crippen molar-refractivity contribution >= 4 is 11.9 Å². The molecule has 7 heteroatoms. The SMILES string of the molecule is C[C@H](C(=O)NC(=O)NC1CC1)N(C)Cc1cnn(Cc2ccccc2)c1. The first-order chi connectivity index (χ1) is 12.5. The molecule has 138 valence electrons. The Hall–Kier alpha value is -2.67. The Bertz CT molecular complexity index is 754. The fraction of sp³-hybridized carbons (Fsp3) is 0.421. The highest BCUT2D eigenvalue weighted by molar-refractivity contribution is 5.96. The number of nitrogens with one attached hydrogen (secondary N) is 2. The van der Waals surface area contributed by atoms with Gasteiger partial charge in [0.2, 0.25) is 5.91 Å². The first-order valence-electron chi connectivity index (χ1n) is 8.88. The van der Waals surface area contributed by atoms with Crippen LogP contribution in [0.25, 0.3) is 0 Å². The number of urea groups is 1. The third-order valence-corrected chi connectivity index (χ3v) is 4.50. The van der Waals surface area contributed by atoms with Crippen LogP contribution in [0.1, 0.15) is 30.9 Å². The molecular weight excluding hydrogens is 330 g/mol. The molecule has 1 fully saturated rings. The van der Waals surface area contributed by atoms with Crippen molar-refractivity contribution < 1.29 is 9.59 Å². The predicted molar refractivity (Wildman–Crippen MR) is 98.4 cm³/mol. The minimum absolute atomic E-state index is 0.228. The zero-order valence-electron chi connectivity index (χ0n) is 15.2. The maximum absolute atomic E-state index is 12.2. The molecule has 1 aliphatic carbocycles. The summed E-state index contributed by atoms with van der Waals surface area (Å²) in [5.41, 5.74) is 2.20. The average molecular weight is 355 g/mol. The number of carbonyl (C=O) groups is 2. The number of benzene rings is 1. The summed E-state index contributed by atoms with van der Waals surface area (Å²) in [6.07, 6.45) is 5.77. The first-order valence-corrected chi connectivity index (χ1v) is 8.88. The molecule has 1 saturated carbocycles. The molecule has 3 amide bonds. The Kier molecular flexibility index (Phi) is 5.68. The van der Waals surface area contributed by atoms with Crippen molar-refractivity contribution in [2.75, 3.05) is 7.05 Å². The van der Waals surface area contributed by atoms with Crippen molar-refractivity contribution in [1.82, 2.24) is 25.3 Å². The van der Waals surface area contributed by atoms with Gasteiger partial charge in [-0.1, -0.05) is 30.3 Å². The van der Waals surface area contributed by atoms with Crippen LogP contribution in [0.5, 0.6) is 0 Å². The summed E-state index contributed by atoms with van der Waals surface area (Å²) in [4.78, 5) is 25.8. The lowest BCUT2D eigenvalue weighted by Gasteiger charge is -2.22. The van der Waals surface area contributed by atoms with Crippen molar-refractivity contribution in [3.63, 3.8) is 0 Å². The highest BCUT2D eigenvalue weighted by atomic mass is 16.2. The molecule has 0 bridgehead atoms. The number of amides is 3. The van der Waals surface area contributed by atoms with Crippen LogP contribution in [0.4, 0.5) is 4.79 Å². The smallest absolute Gasteiger partial charge is 0.321 e. The second kappa shape index (κ2) is 8.14. The number of hydrogen-bond acceptors (Lipinski definition) is 4. The molecule has 0 saturated heterocycles. The van der Waals surface area contributed by atoms with Crippen molar-refractivity contribution in [2.45, 2.75) is 44.9 Å². The molecule has 1 aromatic carbocycles. The summed E-state index contributed by atoms with van der Waals surface area (Å²) in [6, 6.07) is 9.53. The quantitative estimate of drug-likeness (QED) is 0.793. The van der Waals surface area contributed by atoms with Gasteiger partial charge >= 0.3 is 6.03 Å². The van der Waals surface area contributed by atoms with E-state index in [4.69, 9.17) is 0 Å². The monoisotopic (exact) mass is 355 g/mol. The van der Waals surface area contributed by atoms with Crippen molar-refractivity contribution in [1.29, 1.82) is 0 Å². The van der Waals surface area contributed by atoms with Gasteiger partial charge in [0.1, 0.15) is 0 Å². The van der Waals surface area contributed by atoms with Crippen LogP contribution in [-0.2, 0) is 17.9 Å². The van der Waals surface area contributed by atoms with Gasteiger partial charge in [0.25, 0.3) is 0 Å². The van der Waals surface area contributed by atoms with Gasteiger partial charge < -0.3 is 5.32 Å². The molecule has 0 aliphatic heterocycles. The molecule has 0 spiro atoms. The van der Waals surface area contributed by atoms with Crippen molar-refractivity contribution in [3.8, 4) is 0 Å². The van der Waals surface area contributed by atoms with E-state index in [0.29, 0.717) is 13.1 Å². The molecule has 1 heterocycles. The number of carbonyl (C=O) groups excluding carboxylic acids is 2. The second-order valence-electron chi connectivity index (χ2n) is 6.86. The van der Waals surface area contributed by atoms with Crippen molar-refractivity contribution in [2.24, 2.45) is 0 Å². The Morgan fingerprint density at radius 3 is 2.69 bits per heavy atom. The largest absolute Gasteiger partial charge is 0.335 e. The molecule has 26 heavy (non-hydrogen) atoms. The van der Waals surface area contributed by atoms with Gasteiger partial charge in [-0.2, -0.15) is 5.10 Å².